The second-order valence-corrected chi connectivity index (χ2v) is 3.99. The van der Waals surface area contributed by atoms with Gasteiger partial charge in [0.15, 0.2) is 0 Å². The number of alkyl halides is 3. The fourth-order valence-electron chi connectivity index (χ4n) is 0.534. The van der Waals surface area contributed by atoms with Crippen LogP contribution in [0.5, 0.6) is 0 Å². The Morgan fingerprint density at radius 1 is 1.12 bits per heavy atom. The predicted octanol–water partition coefficient (Wildman–Crippen LogP) is 2.39. The normalized spacial score (nSPS) is 10.8. The third-order valence-electron chi connectivity index (χ3n) is 1.23. The summed E-state index contributed by atoms with van der Waals surface area (Å²) in [4.78, 5) is 0. The average Bonchev–Trinajstić information content (AvgIpc) is 2.02. The molecule has 0 aliphatic heterocycles. The number of benzene rings is 1. The van der Waals surface area contributed by atoms with Crippen molar-refractivity contribution in [1.29, 1.82) is 0 Å². The summed E-state index contributed by atoms with van der Waals surface area (Å²) in [5.74, 6) is 0. The Balaban J connectivity index is 0. The third-order valence-corrected chi connectivity index (χ3v) is 1.82. The van der Waals surface area contributed by atoms with Crippen molar-refractivity contribution in [3.8, 4) is 0 Å². The van der Waals surface area contributed by atoms with Crippen LogP contribution in [0.25, 0.3) is 0 Å². The minimum atomic E-state index is -5.84. The zero-order valence-electron chi connectivity index (χ0n) is 8.27. The minimum absolute atomic E-state index is 0. The monoisotopic (exact) mass is 331 g/mol. The first-order valence-electron chi connectivity index (χ1n) is 3.70. The SMILES string of the molecule is Cc1ccccc1.O=S(=O)(O)C(F)(F)F.[Y+3]. The molecule has 3 nitrogen and oxygen atoms in total. The van der Waals surface area contributed by atoms with Crippen molar-refractivity contribution in [2.75, 3.05) is 0 Å². The van der Waals surface area contributed by atoms with E-state index in [-0.39, 0.29) is 32.7 Å². The number of rotatable bonds is 0. The molecule has 0 atom stereocenters. The second kappa shape index (κ2) is 7.37. The van der Waals surface area contributed by atoms with E-state index in [0.29, 0.717) is 0 Å². The molecule has 1 aromatic rings. The van der Waals surface area contributed by atoms with Gasteiger partial charge >= 0.3 is 48.3 Å². The van der Waals surface area contributed by atoms with Crippen molar-refractivity contribution in [3.63, 3.8) is 0 Å². The van der Waals surface area contributed by atoms with Gasteiger partial charge in [0.25, 0.3) is 0 Å². The molecule has 1 aromatic carbocycles. The van der Waals surface area contributed by atoms with Crippen LogP contribution in [0.4, 0.5) is 13.2 Å². The zero-order chi connectivity index (χ0) is 12.1. The summed E-state index contributed by atoms with van der Waals surface area (Å²) in [6, 6.07) is 10.3. The number of halogens is 3. The molecule has 16 heavy (non-hydrogen) atoms. The molecular weight excluding hydrogens is 322 g/mol. The largest absolute Gasteiger partial charge is 3.00 e. The van der Waals surface area contributed by atoms with Gasteiger partial charge in [-0.3, -0.25) is 4.55 Å². The molecule has 0 aliphatic carbocycles. The van der Waals surface area contributed by atoms with Gasteiger partial charge in [0.1, 0.15) is 0 Å². The fourth-order valence-corrected chi connectivity index (χ4v) is 0.534. The van der Waals surface area contributed by atoms with Crippen LogP contribution in [-0.2, 0) is 42.8 Å². The van der Waals surface area contributed by atoms with Crippen LogP contribution in [0.15, 0.2) is 30.3 Å². The Hall–Kier alpha value is 0.0239. The Labute approximate surface area is 117 Å². The van der Waals surface area contributed by atoms with Crippen molar-refractivity contribution in [1.82, 2.24) is 0 Å². The van der Waals surface area contributed by atoms with Gasteiger partial charge in [0.2, 0.25) is 0 Å². The molecule has 0 saturated carbocycles. The Morgan fingerprint density at radius 2 is 1.44 bits per heavy atom. The van der Waals surface area contributed by atoms with E-state index in [1.807, 2.05) is 18.2 Å². The molecular formula is C8H9F3O3SY+3. The topological polar surface area (TPSA) is 54.4 Å². The fraction of sp³-hybridized carbons (Fsp3) is 0.250. The molecule has 86 valence electrons. The summed E-state index contributed by atoms with van der Waals surface area (Å²) in [7, 11) is -5.84. The zero-order valence-corrected chi connectivity index (χ0v) is 11.9. The summed E-state index contributed by atoms with van der Waals surface area (Å²) in [5, 5.41) is 0. The average molecular weight is 331 g/mol. The van der Waals surface area contributed by atoms with Crippen molar-refractivity contribution >= 4 is 10.1 Å². The number of aryl methyl sites for hydroxylation is 1. The van der Waals surface area contributed by atoms with Gasteiger partial charge in [0, 0.05) is 0 Å². The third kappa shape index (κ3) is 8.21. The van der Waals surface area contributed by atoms with E-state index in [0.717, 1.165) is 0 Å². The van der Waals surface area contributed by atoms with Crippen molar-refractivity contribution < 1.29 is 58.9 Å². The van der Waals surface area contributed by atoms with Gasteiger partial charge in [0.05, 0.1) is 0 Å². The summed E-state index contributed by atoms with van der Waals surface area (Å²) < 4.78 is 57.5. The van der Waals surface area contributed by atoms with Crippen LogP contribution < -0.4 is 0 Å². The van der Waals surface area contributed by atoms with Crippen LogP contribution in [-0.4, -0.2) is 18.5 Å². The summed E-state index contributed by atoms with van der Waals surface area (Å²) in [6.07, 6.45) is 0. The van der Waals surface area contributed by atoms with E-state index in [1.165, 1.54) is 5.56 Å². The molecule has 0 unspecified atom stereocenters. The van der Waals surface area contributed by atoms with E-state index < -0.39 is 15.6 Å². The van der Waals surface area contributed by atoms with Gasteiger partial charge in [-0.05, 0) is 6.92 Å². The smallest absolute Gasteiger partial charge is 0.279 e. The van der Waals surface area contributed by atoms with Gasteiger partial charge in [-0.2, -0.15) is 21.6 Å². The van der Waals surface area contributed by atoms with E-state index >= 15 is 0 Å². The molecule has 0 spiro atoms. The maximum absolute atomic E-state index is 10.7. The second-order valence-electron chi connectivity index (χ2n) is 2.58. The van der Waals surface area contributed by atoms with Crippen molar-refractivity contribution in [3.05, 3.63) is 35.9 Å². The molecule has 1 rings (SSSR count). The van der Waals surface area contributed by atoms with Crippen LogP contribution in [0.3, 0.4) is 0 Å². The van der Waals surface area contributed by atoms with Crippen LogP contribution in [0.2, 0.25) is 0 Å². The van der Waals surface area contributed by atoms with Crippen LogP contribution >= 0.6 is 0 Å². The molecule has 0 aliphatic rings. The molecule has 0 fully saturated rings. The predicted molar refractivity (Wildman–Crippen MR) is 48.8 cm³/mol. The van der Waals surface area contributed by atoms with Gasteiger partial charge in [-0.1, -0.05) is 35.9 Å². The molecule has 0 heterocycles. The Kier molecular flexibility index (Phi) is 8.47. The maximum atomic E-state index is 10.7. The number of hydrogen-bond donors (Lipinski definition) is 1. The van der Waals surface area contributed by atoms with Crippen molar-refractivity contribution in [2.24, 2.45) is 0 Å². The van der Waals surface area contributed by atoms with Crippen LogP contribution in [0.1, 0.15) is 5.56 Å². The van der Waals surface area contributed by atoms with E-state index in [2.05, 4.69) is 19.1 Å². The van der Waals surface area contributed by atoms with E-state index in [9.17, 15) is 13.2 Å². The number of hydrogen-bond acceptors (Lipinski definition) is 2. The molecule has 0 saturated heterocycles. The first-order chi connectivity index (χ1) is 6.64. The van der Waals surface area contributed by atoms with E-state index in [1.54, 1.807) is 0 Å². The summed E-state index contributed by atoms with van der Waals surface area (Å²) >= 11 is 0. The molecule has 1 N–H and O–H groups in total. The van der Waals surface area contributed by atoms with Crippen LogP contribution in [0, 0.1) is 6.92 Å². The molecule has 8 heteroatoms. The molecule has 0 aromatic heterocycles. The summed E-state index contributed by atoms with van der Waals surface area (Å²) in [5.41, 5.74) is -4.21. The quantitative estimate of drug-likeness (QED) is 0.587. The molecule has 0 amide bonds. The standard InChI is InChI=1S/C7H8.CHF3O3S.Y/c1-7-5-3-2-4-6-7;2-1(3,4)8(5,6)7;/h2-6H,1H3;(H,5,6,7);/q;;+3. The first kappa shape index (κ1) is 18.4. The van der Waals surface area contributed by atoms with Gasteiger partial charge < -0.3 is 0 Å². The molecule has 0 bridgehead atoms. The Morgan fingerprint density at radius 3 is 1.56 bits per heavy atom. The minimum Gasteiger partial charge on any atom is -0.279 e. The first-order valence-corrected chi connectivity index (χ1v) is 5.14. The molecule has 0 radical (unpaired) electrons. The van der Waals surface area contributed by atoms with Gasteiger partial charge in [-0.25, -0.2) is 0 Å². The van der Waals surface area contributed by atoms with Gasteiger partial charge in [-0.15, -0.1) is 0 Å². The Bertz CT molecular complexity index is 389. The summed E-state index contributed by atoms with van der Waals surface area (Å²) in [6.45, 7) is 2.08. The maximum Gasteiger partial charge on any atom is 3.00 e. The van der Waals surface area contributed by atoms with Crippen molar-refractivity contribution in [2.45, 2.75) is 12.4 Å². The van der Waals surface area contributed by atoms with E-state index in [4.69, 9.17) is 13.0 Å².